The molecule has 18 heavy (non-hydrogen) atoms. The SMILES string of the molecule is CCc1cc(C(=O)N(C)CCOCCO)sc1C. The smallest absolute Gasteiger partial charge is 0.263 e. The second-order valence-electron chi connectivity index (χ2n) is 4.11. The van der Waals surface area contributed by atoms with E-state index in [0.29, 0.717) is 19.8 Å². The number of ether oxygens (including phenoxy) is 1. The van der Waals surface area contributed by atoms with E-state index < -0.39 is 0 Å². The molecular formula is C13H21NO3S. The van der Waals surface area contributed by atoms with Crippen molar-refractivity contribution < 1.29 is 14.6 Å². The van der Waals surface area contributed by atoms with Gasteiger partial charge in [-0.2, -0.15) is 0 Å². The summed E-state index contributed by atoms with van der Waals surface area (Å²) in [6, 6.07) is 1.98. The number of amides is 1. The van der Waals surface area contributed by atoms with Gasteiger partial charge >= 0.3 is 0 Å². The van der Waals surface area contributed by atoms with Crippen molar-refractivity contribution >= 4 is 17.2 Å². The second kappa shape index (κ2) is 7.51. The highest BCUT2D eigenvalue weighted by Gasteiger charge is 2.15. The van der Waals surface area contributed by atoms with Crippen LogP contribution in [-0.4, -0.2) is 49.3 Å². The van der Waals surface area contributed by atoms with Crippen LogP contribution in [0.15, 0.2) is 6.07 Å². The predicted octanol–water partition coefficient (Wildman–Crippen LogP) is 1.70. The molecule has 1 aromatic rings. The average Bonchev–Trinajstić information content (AvgIpc) is 2.74. The quantitative estimate of drug-likeness (QED) is 0.768. The molecule has 0 aliphatic rings. The molecule has 4 nitrogen and oxygen atoms in total. The summed E-state index contributed by atoms with van der Waals surface area (Å²) in [6.07, 6.45) is 0.957. The molecule has 1 heterocycles. The van der Waals surface area contributed by atoms with E-state index in [1.165, 1.54) is 10.4 Å². The van der Waals surface area contributed by atoms with E-state index in [2.05, 4.69) is 6.92 Å². The Morgan fingerprint density at radius 3 is 2.78 bits per heavy atom. The van der Waals surface area contributed by atoms with E-state index in [0.717, 1.165) is 11.3 Å². The summed E-state index contributed by atoms with van der Waals surface area (Å²) in [5.74, 6) is 0.0374. The number of thiophene rings is 1. The highest BCUT2D eigenvalue weighted by molar-refractivity contribution is 7.14. The molecule has 1 rings (SSSR count). The van der Waals surface area contributed by atoms with Crippen LogP contribution in [0, 0.1) is 6.92 Å². The third-order valence-electron chi connectivity index (χ3n) is 2.77. The molecule has 5 heteroatoms. The Morgan fingerprint density at radius 1 is 1.50 bits per heavy atom. The zero-order valence-electron chi connectivity index (χ0n) is 11.2. The van der Waals surface area contributed by atoms with Crippen LogP contribution in [-0.2, 0) is 11.2 Å². The molecule has 102 valence electrons. The molecule has 0 atom stereocenters. The van der Waals surface area contributed by atoms with E-state index in [9.17, 15) is 4.79 Å². The lowest BCUT2D eigenvalue weighted by Gasteiger charge is -2.15. The van der Waals surface area contributed by atoms with Crippen molar-refractivity contribution in [3.05, 3.63) is 21.4 Å². The number of rotatable bonds is 7. The minimum Gasteiger partial charge on any atom is -0.394 e. The standard InChI is InChI=1S/C13H21NO3S/c1-4-11-9-12(18-10(11)2)13(16)14(3)5-7-17-8-6-15/h9,15H,4-8H2,1-3H3. The third kappa shape index (κ3) is 4.08. The summed E-state index contributed by atoms with van der Waals surface area (Å²) in [5, 5.41) is 8.58. The summed E-state index contributed by atoms with van der Waals surface area (Å²) in [4.78, 5) is 15.8. The number of carbonyl (C=O) groups is 1. The fraction of sp³-hybridized carbons (Fsp3) is 0.615. The van der Waals surface area contributed by atoms with E-state index in [4.69, 9.17) is 9.84 Å². The van der Waals surface area contributed by atoms with Crippen molar-refractivity contribution in [1.82, 2.24) is 4.90 Å². The first-order chi connectivity index (χ1) is 8.60. The molecule has 1 amide bonds. The fourth-order valence-corrected chi connectivity index (χ4v) is 2.74. The van der Waals surface area contributed by atoms with Crippen LogP contribution >= 0.6 is 11.3 Å². The normalized spacial score (nSPS) is 10.7. The molecule has 0 fully saturated rings. The van der Waals surface area contributed by atoms with Crippen molar-refractivity contribution in [2.24, 2.45) is 0 Å². The maximum Gasteiger partial charge on any atom is 0.263 e. The molecular weight excluding hydrogens is 250 g/mol. The molecule has 0 saturated heterocycles. The predicted molar refractivity (Wildman–Crippen MR) is 73.3 cm³/mol. The lowest BCUT2D eigenvalue weighted by molar-refractivity contribution is 0.0621. The van der Waals surface area contributed by atoms with Gasteiger partial charge in [-0.05, 0) is 25.0 Å². The number of aryl methyl sites for hydroxylation is 2. The number of nitrogens with zero attached hydrogens (tertiary/aromatic N) is 1. The third-order valence-corrected chi connectivity index (χ3v) is 3.85. The summed E-state index contributed by atoms with van der Waals surface area (Å²) in [6.45, 7) is 5.47. The number of carbonyl (C=O) groups excluding carboxylic acids is 1. The molecule has 0 spiro atoms. The summed E-state index contributed by atoms with van der Waals surface area (Å²) in [5.41, 5.74) is 1.24. The highest BCUT2D eigenvalue weighted by Crippen LogP contribution is 2.23. The first-order valence-corrected chi connectivity index (χ1v) is 6.95. The Labute approximate surface area is 112 Å². The Kier molecular flexibility index (Phi) is 6.32. The van der Waals surface area contributed by atoms with E-state index >= 15 is 0 Å². The lowest BCUT2D eigenvalue weighted by Crippen LogP contribution is -2.29. The van der Waals surface area contributed by atoms with Gasteiger partial charge in [0.15, 0.2) is 0 Å². The zero-order valence-corrected chi connectivity index (χ0v) is 12.0. The molecule has 1 N–H and O–H groups in total. The minimum atomic E-state index is 0.0155. The van der Waals surface area contributed by atoms with Crippen molar-refractivity contribution in [1.29, 1.82) is 0 Å². The molecule has 0 bridgehead atoms. The number of aliphatic hydroxyl groups is 1. The highest BCUT2D eigenvalue weighted by atomic mass is 32.1. The van der Waals surface area contributed by atoms with Crippen LogP contribution in [0.3, 0.4) is 0 Å². The summed E-state index contributed by atoms with van der Waals surface area (Å²) < 4.78 is 5.15. The van der Waals surface area contributed by atoms with Gasteiger partial charge in [-0.3, -0.25) is 4.79 Å². The van der Waals surface area contributed by atoms with Crippen LogP contribution in [0.5, 0.6) is 0 Å². The van der Waals surface area contributed by atoms with Crippen LogP contribution in [0.25, 0.3) is 0 Å². The molecule has 0 radical (unpaired) electrons. The Balaban J connectivity index is 2.51. The number of aliphatic hydroxyl groups excluding tert-OH is 1. The van der Waals surface area contributed by atoms with Crippen molar-refractivity contribution in [2.75, 3.05) is 33.4 Å². The molecule has 0 aliphatic heterocycles. The maximum atomic E-state index is 12.1. The van der Waals surface area contributed by atoms with Gasteiger partial charge in [0.05, 0.1) is 24.7 Å². The first-order valence-electron chi connectivity index (χ1n) is 6.13. The molecule has 0 unspecified atom stereocenters. The van der Waals surface area contributed by atoms with Gasteiger partial charge in [-0.1, -0.05) is 6.92 Å². The molecule has 0 saturated carbocycles. The Bertz CT molecular complexity index is 390. The fourth-order valence-electron chi connectivity index (χ4n) is 1.63. The minimum absolute atomic E-state index is 0.0155. The molecule has 0 aromatic carbocycles. The first kappa shape index (κ1) is 15.1. The number of hydrogen-bond acceptors (Lipinski definition) is 4. The average molecular weight is 271 g/mol. The van der Waals surface area contributed by atoms with Crippen LogP contribution in [0.2, 0.25) is 0 Å². The van der Waals surface area contributed by atoms with E-state index in [-0.39, 0.29) is 12.5 Å². The van der Waals surface area contributed by atoms with E-state index in [1.54, 1.807) is 23.3 Å². The number of likely N-dealkylation sites (N-methyl/N-ethyl adjacent to an activating group) is 1. The van der Waals surface area contributed by atoms with Gasteiger partial charge < -0.3 is 14.7 Å². The van der Waals surface area contributed by atoms with Gasteiger partial charge in [0.1, 0.15) is 0 Å². The van der Waals surface area contributed by atoms with Crippen molar-refractivity contribution in [3.8, 4) is 0 Å². The van der Waals surface area contributed by atoms with Crippen LogP contribution < -0.4 is 0 Å². The molecule has 0 aliphatic carbocycles. The topological polar surface area (TPSA) is 49.8 Å². The van der Waals surface area contributed by atoms with Gasteiger partial charge in [-0.15, -0.1) is 11.3 Å². The summed E-state index contributed by atoms with van der Waals surface area (Å²) >= 11 is 1.55. The Morgan fingerprint density at radius 2 is 2.22 bits per heavy atom. The maximum absolute atomic E-state index is 12.1. The Hall–Kier alpha value is -0.910. The van der Waals surface area contributed by atoms with Gasteiger partial charge in [0.25, 0.3) is 5.91 Å². The van der Waals surface area contributed by atoms with Crippen LogP contribution in [0.4, 0.5) is 0 Å². The van der Waals surface area contributed by atoms with Crippen molar-refractivity contribution in [2.45, 2.75) is 20.3 Å². The molecule has 1 aromatic heterocycles. The summed E-state index contributed by atoms with van der Waals surface area (Å²) in [7, 11) is 1.77. The van der Waals surface area contributed by atoms with E-state index in [1.807, 2.05) is 13.0 Å². The zero-order chi connectivity index (χ0) is 13.5. The van der Waals surface area contributed by atoms with Crippen LogP contribution in [0.1, 0.15) is 27.0 Å². The lowest BCUT2D eigenvalue weighted by atomic mass is 10.2. The van der Waals surface area contributed by atoms with Gasteiger partial charge in [-0.25, -0.2) is 0 Å². The van der Waals surface area contributed by atoms with Gasteiger partial charge in [0.2, 0.25) is 0 Å². The largest absolute Gasteiger partial charge is 0.394 e. The van der Waals surface area contributed by atoms with Gasteiger partial charge in [0, 0.05) is 18.5 Å². The monoisotopic (exact) mass is 271 g/mol. The van der Waals surface area contributed by atoms with Crippen molar-refractivity contribution in [3.63, 3.8) is 0 Å². The second-order valence-corrected chi connectivity index (χ2v) is 5.36. The number of hydrogen-bond donors (Lipinski definition) is 1.